The largest absolute Gasteiger partial charge is 0.392 e. The third-order valence-electron chi connectivity index (χ3n) is 4.69. The maximum atomic E-state index is 13.2. The molecule has 0 aromatic heterocycles. The van der Waals surface area contributed by atoms with Crippen LogP contribution in [0, 0.1) is 11.7 Å². The van der Waals surface area contributed by atoms with Crippen molar-refractivity contribution < 1.29 is 19.0 Å². The van der Waals surface area contributed by atoms with Crippen LogP contribution in [0.5, 0.6) is 0 Å². The van der Waals surface area contributed by atoms with Gasteiger partial charge in [0.15, 0.2) is 0 Å². The summed E-state index contributed by atoms with van der Waals surface area (Å²) in [5.41, 5.74) is 0.789. The Hall–Kier alpha value is -1.46. The first-order valence-electron chi connectivity index (χ1n) is 8.21. The molecule has 23 heavy (non-hydrogen) atoms. The minimum Gasteiger partial charge on any atom is -0.392 e. The molecule has 0 aliphatic carbocycles. The fourth-order valence-electron chi connectivity index (χ4n) is 2.90. The summed E-state index contributed by atoms with van der Waals surface area (Å²) in [5, 5.41) is 12.8. The van der Waals surface area contributed by atoms with Gasteiger partial charge in [0.2, 0.25) is 5.91 Å². The Bertz CT molecular complexity index is 510. The van der Waals surface area contributed by atoms with E-state index in [1.165, 1.54) is 12.1 Å². The van der Waals surface area contributed by atoms with Gasteiger partial charge in [0, 0.05) is 25.2 Å². The van der Waals surface area contributed by atoms with Crippen LogP contribution in [0.4, 0.5) is 4.39 Å². The van der Waals surface area contributed by atoms with Crippen LogP contribution in [0.2, 0.25) is 0 Å². The van der Waals surface area contributed by atoms with Gasteiger partial charge in [-0.05, 0) is 36.5 Å². The van der Waals surface area contributed by atoms with Gasteiger partial charge in [-0.3, -0.25) is 4.79 Å². The molecular formula is C18H26FNO3. The van der Waals surface area contributed by atoms with E-state index >= 15 is 0 Å². The van der Waals surface area contributed by atoms with Crippen LogP contribution in [-0.2, 0) is 14.9 Å². The van der Waals surface area contributed by atoms with E-state index in [1.54, 1.807) is 12.1 Å². The van der Waals surface area contributed by atoms with Gasteiger partial charge >= 0.3 is 0 Å². The molecule has 5 heteroatoms. The number of halogens is 1. The van der Waals surface area contributed by atoms with Crippen molar-refractivity contribution in [2.45, 2.75) is 44.6 Å². The Morgan fingerprint density at radius 1 is 1.30 bits per heavy atom. The molecule has 128 valence electrons. The number of hydrogen-bond acceptors (Lipinski definition) is 3. The summed E-state index contributed by atoms with van der Waals surface area (Å²) < 4.78 is 18.6. The molecule has 1 aromatic rings. The summed E-state index contributed by atoms with van der Waals surface area (Å²) in [6.45, 7) is 5.50. The lowest BCUT2D eigenvalue weighted by Gasteiger charge is -2.38. The predicted octanol–water partition coefficient (Wildman–Crippen LogP) is 2.40. The fourth-order valence-corrected chi connectivity index (χ4v) is 2.90. The summed E-state index contributed by atoms with van der Waals surface area (Å²) in [6, 6.07) is 6.49. The predicted molar refractivity (Wildman–Crippen MR) is 86.6 cm³/mol. The summed E-state index contributed by atoms with van der Waals surface area (Å²) >= 11 is 0. The lowest BCUT2D eigenvalue weighted by atomic mass is 9.74. The molecule has 1 heterocycles. The molecule has 1 unspecified atom stereocenters. The maximum Gasteiger partial charge on any atom is 0.222 e. The molecule has 1 saturated heterocycles. The van der Waals surface area contributed by atoms with Gasteiger partial charge in [0.25, 0.3) is 0 Å². The first-order valence-corrected chi connectivity index (χ1v) is 8.21. The SMILES string of the molecule is CC(C)C(O)CC(=O)NCC1(c2ccc(F)cc2)CCOCC1. The first-order chi connectivity index (χ1) is 10.9. The van der Waals surface area contributed by atoms with Crippen molar-refractivity contribution in [3.05, 3.63) is 35.6 Å². The second-order valence-corrected chi connectivity index (χ2v) is 6.69. The van der Waals surface area contributed by atoms with Gasteiger partial charge in [0.05, 0.1) is 12.5 Å². The number of amides is 1. The maximum absolute atomic E-state index is 13.2. The molecule has 4 nitrogen and oxygen atoms in total. The van der Waals surface area contributed by atoms with Crippen LogP contribution < -0.4 is 5.32 Å². The lowest BCUT2D eigenvalue weighted by Crippen LogP contribution is -2.45. The van der Waals surface area contributed by atoms with Crippen molar-refractivity contribution in [3.8, 4) is 0 Å². The van der Waals surface area contributed by atoms with Crippen molar-refractivity contribution in [1.82, 2.24) is 5.32 Å². The monoisotopic (exact) mass is 323 g/mol. The number of rotatable bonds is 6. The van der Waals surface area contributed by atoms with E-state index in [1.807, 2.05) is 13.8 Å². The van der Waals surface area contributed by atoms with Crippen molar-refractivity contribution in [3.63, 3.8) is 0 Å². The van der Waals surface area contributed by atoms with Crippen LogP contribution in [0.25, 0.3) is 0 Å². The number of ether oxygens (including phenoxy) is 1. The average molecular weight is 323 g/mol. The lowest BCUT2D eigenvalue weighted by molar-refractivity contribution is -0.124. The molecule has 2 N–H and O–H groups in total. The quantitative estimate of drug-likeness (QED) is 0.845. The Kier molecular flexibility index (Phi) is 6.13. The van der Waals surface area contributed by atoms with Gasteiger partial charge in [0.1, 0.15) is 5.82 Å². The zero-order chi connectivity index (χ0) is 16.9. The van der Waals surface area contributed by atoms with E-state index in [0.29, 0.717) is 19.8 Å². The zero-order valence-electron chi connectivity index (χ0n) is 13.8. The van der Waals surface area contributed by atoms with E-state index in [-0.39, 0.29) is 29.5 Å². The van der Waals surface area contributed by atoms with Crippen molar-refractivity contribution in [2.75, 3.05) is 19.8 Å². The fraction of sp³-hybridized carbons (Fsp3) is 0.611. The minimum atomic E-state index is -0.633. The summed E-state index contributed by atoms with van der Waals surface area (Å²) in [4.78, 5) is 12.1. The number of nitrogens with one attached hydrogen (secondary N) is 1. The standard InChI is InChI=1S/C18H26FNO3/c1-13(2)16(21)11-17(22)20-12-18(7-9-23-10-8-18)14-3-5-15(19)6-4-14/h3-6,13,16,21H,7-12H2,1-2H3,(H,20,22). The van der Waals surface area contributed by atoms with E-state index in [9.17, 15) is 14.3 Å². The van der Waals surface area contributed by atoms with Crippen molar-refractivity contribution >= 4 is 5.91 Å². The van der Waals surface area contributed by atoms with Crippen LogP contribution in [0.1, 0.15) is 38.7 Å². The number of aliphatic hydroxyl groups is 1. The van der Waals surface area contributed by atoms with Crippen LogP contribution >= 0.6 is 0 Å². The highest BCUT2D eigenvalue weighted by Gasteiger charge is 2.35. The molecule has 1 atom stereocenters. The topological polar surface area (TPSA) is 58.6 Å². The number of aliphatic hydroxyl groups excluding tert-OH is 1. The Balaban J connectivity index is 2.04. The molecule has 1 aliphatic rings. The van der Waals surface area contributed by atoms with E-state index in [4.69, 9.17) is 4.74 Å². The van der Waals surface area contributed by atoms with Crippen LogP contribution in [0.15, 0.2) is 24.3 Å². The Labute approximate surface area is 137 Å². The van der Waals surface area contributed by atoms with Crippen molar-refractivity contribution in [2.24, 2.45) is 5.92 Å². The van der Waals surface area contributed by atoms with Gasteiger partial charge in [-0.1, -0.05) is 26.0 Å². The normalized spacial score (nSPS) is 18.7. The Morgan fingerprint density at radius 2 is 1.91 bits per heavy atom. The molecule has 1 fully saturated rings. The number of hydrogen-bond donors (Lipinski definition) is 2. The van der Waals surface area contributed by atoms with E-state index in [0.717, 1.165) is 18.4 Å². The highest BCUT2D eigenvalue weighted by atomic mass is 19.1. The van der Waals surface area contributed by atoms with Gasteiger partial charge in [-0.15, -0.1) is 0 Å². The van der Waals surface area contributed by atoms with Crippen LogP contribution in [0.3, 0.4) is 0 Å². The molecule has 0 spiro atoms. The second-order valence-electron chi connectivity index (χ2n) is 6.69. The minimum absolute atomic E-state index is 0.0508. The second kappa shape index (κ2) is 7.88. The smallest absolute Gasteiger partial charge is 0.222 e. The first kappa shape index (κ1) is 17.9. The molecule has 0 saturated carbocycles. The molecule has 1 aromatic carbocycles. The summed E-state index contributed by atoms with van der Waals surface area (Å²) in [6.07, 6.45) is 1.04. The number of carbonyl (C=O) groups excluding carboxylic acids is 1. The highest BCUT2D eigenvalue weighted by molar-refractivity contribution is 5.76. The van der Waals surface area contributed by atoms with Gasteiger partial charge in [-0.2, -0.15) is 0 Å². The summed E-state index contributed by atoms with van der Waals surface area (Å²) in [5.74, 6) is -0.367. The number of carbonyl (C=O) groups is 1. The van der Waals surface area contributed by atoms with E-state index in [2.05, 4.69) is 5.32 Å². The molecule has 0 radical (unpaired) electrons. The molecular weight excluding hydrogens is 297 g/mol. The third-order valence-corrected chi connectivity index (χ3v) is 4.69. The van der Waals surface area contributed by atoms with Crippen molar-refractivity contribution in [1.29, 1.82) is 0 Å². The molecule has 0 bridgehead atoms. The average Bonchev–Trinajstić information content (AvgIpc) is 2.54. The molecule has 2 rings (SSSR count). The van der Waals surface area contributed by atoms with Gasteiger partial charge < -0.3 is 15.2 Å². The van der Waals surface area contributed by atoms with Gasteiger partial charge in [-0.25, -0.2) is 4.39 Å². The van der Waals surface area contributed by atoms with E-state index < -0.39 is 6.10 Å². The number of benzene rings is 1. The molecule has 1 amide bonds. The third kappa shape index (κ3) is 4.75. The summed E-state index contributed by atoms with van der Waals surface area (Å²) in [7, 11) is 0. The molecule has 1 aliphatic heterocycles. The highest BCUT2D eigenvalue weighted by Crippen LogP contribution is 2.34. The van der Waals surface area contributed by atoms with Crippen LogP contribution in [-0.4, -0.2) is 36.9 Å². The zero-order valence-corrected chi connectivity index (χ0v) is 13.8. The Morgan fingerprint density at radius 3 is 2.48 bits per heavy atom.